The molecule has 12 heteroatoms. The topological polar surface area (TPSA) is 68.6 Å². The van der Waals surface area contributed by atoms with Gasteiger partial charge in [-0.05, 0) is 35.9 Å². The first kappa shape index (κ1) is 26.8. The highest BCUT2D eigenvalue weighted by molar-refractivity contribution is 6.30. The van der Waals surface area contributed by atoms with Crippen LogP contribution >= 0.6 is 11.6 Å². The van der Waals surface area contributed by atoms with Gasteiger partial charge in [0.1, 0.15) is 22.8 Å². The maximum absolute atomic E-state index is 13.8. The molecule has 5 rings (SSSR count). The monoisotopic (exact) mass is 562 g/mol. The van der Waals surface area contributed by atoms with Crippen molar-refractivity contribution in [3.8, 4) is 22.6 Å². The van der Waals surface area contributed by atoms with Gasteiger partial charge in [0.15, 0.2) is 0 Å². The fourth-order valence-electron chi connectivity index (χ4n) is 4.60. The number of carbonyl (C=O) groups excluding carboxylic acids is 1. The molecule has 1 N–H and O–H groups in total. The summed E-state index contributed by atoms with van der Waals surface area (Å²) in [5.74, 6) is -2.29. The number of ether oxygens (including phenoxy) is 2. The normalized spacial score (nSPS) is 14.1. The number of halogens is 5. The average Bonchev–Trinajstić information content (AvgIpc) is 3.28. The van der Waals surface area contributed by atoms with Gasteiger partial charge in [-0.15, -0.1) is 0 Å². The molecule has 4 aromatic rings. The summed E-state index contributed by atoms with van der Waals surface area (Å²) < 4.78 is 65.6. The van der Waals surface area contributed by atoms with E-state index in [2.05, 4.69) is 10.2 Å². The minimum absolute atomic E-state index is 0.0308. The largest absolute Gasteiger partial charge is 0.496 e. The molecule has 0 saturated carbocycles. The second-order valence-electron chi connectivity index (χ2n) is 8.88. The number of alkyl halides is 3. The van der Waals surface area contributed by atoms with E-state index in [1.807, 2.05) is 4.57 Å². The molecular formula is C27H23ClF4N4O3. The maximum Gasteiger partial charge on any atom is 0.491 e. The van der Waals surface area contributed by atoms with Crippen LogP contribution in [0.1, 0.15) is 5.56 Å². The second-order valence-corrected chi connectivity index (χ2v) is 9.28. The van der Waals surface area contributed by atoms with Crippen LogP contribution in [0.3, 0.4) is 0 Å². The van der Waals surface area contributed by atoms with Crippen LogP contribution in [0.4, 0.5) is 23.5 Å². The number of imidazole rings is 1. The number of carbonyl (C=O) groups is 1. The van der Waals surface area contributed by atoms with Crippen molar-refractivity contribution in [2.75, 3.05) is 38.2 Å². The molecule has 0 atom stereocenters. The molecule has 2 heterocycles. The number of rotatable bonds is 6. The summed E-state index contributed by atoms with van der Waals surface area (Å²) in [7, 11) is 1.43. The van der Waals surface area contributed by atoms with Gasteiger partial charge in [-0.3, -0.25) is 0 Å². The summed E-state index contributed by atoms with van der Waals surface area (Å²) in [5.41, 5.74) is 2.15. The van der Waals surface area contributed by atoms with E-state index >= 15 is 0 Å². The number of fused-ring (bicyclic) bond motifs is 1. The van der Waals surface area contributed by atoms with Crippen molar-refractivity contribution in [1.82, 2.24) is 14.9 Å². The van der Waals surface area contributed by atoms with Gasteiger partial charge in [-0.2, -0.15) is 13.2 Å². The molecule has 0 radical (unpaired) electrons. The van der Waals surface area contributed by atoms with Gasteiger partial charge in [0.2, 0.25) is 5.95 Å². The third kappa shape index (κ3) is 5.37. The SMILES string of the molecule is COc1ccccc1-c1c(OC(=O)C(F)(F)F)ccc2c1nc(N1CCNCC1)n2Cc1ccc(F)c(Cl)c1. The van der Waals surface area contributed by atoms with E-state index in [0.29, 0.717) is 60.0 Å². The first-order chi connectivity index (χ1) is 18.7. The Morgan fingerprint density at radius 3 is 2.51 bits per heavy atom. The Morgan fingerprint density at radius 2 is 1.82 bits per heavy atom. The van der Waals surface area contributed by atoms with Crippen LogP contribution < -0.4 is 19.7 Å². The van der Waals surface area contributed by atoms with Crippen molar-refractivity contribution < 1.29 is 31.8 Å². The summed E-state index contributed by atoms with van der Waals surface area (Å²) in [6.07, 6.45) is -5.19. The Kier molecular flexibility index (Phi) is 7.37. The fourth-order valence-corrected chi connectivity index (χ4v) is 4.80. The molecule has 3 aromatic carbocycles. The third-order valence-corrected chi connectivity index (χ3v) is 6.69. The summed E-state index contributed by atoms with van der Waals surface area (Å²) >= 11 is 6.03. The number of aromatic nitrogens is 2. The second kappa shape index (κ2) is 10.7. The molecule has 0 amide bonds. The van der Waals surface area contributed by atoms with Gasteiger partial charge < -0.3 is 24.3 Å². The van der Waals surface area contributed by atoms with E-state index in [9.17, 15) is 22.4 Å². The van der Waals surface area contributed by atoms with E-state index in [1.54, 1.807) is 36.4 Å². The lowest BCUT2D eigenvalue weighted by atomic mass is 10.0. The molecule has 1 aliphatic rings. The zero-order valence-corrected chi connectivity index (χ0v) is 21.4. The Balaban J connectivity index is 1.76. The lowest BCUT2D eigenvalue weighted by molar-refractivity contribution is -0.189. The van der Waals surface area contributed by atoms with E-state index < -0.39 is 18.0 Å². The number of benzene rings is 3. The Bertz CT molecular complexity index is 1530. The predicted molar refractivity (Wildman–Crippen MR) is 139 cm³/mol. The molecule has 0 spiro atoms. The summed E-state index contributed by atoms with van der Waals surface area (Å²) in [5, 5.41) is 3.25. The third-order valence-electron chi connectivity index (χ3n) is 6.40. The zero-order chi connectivity index (χ0) is 27.7. The molecular weight excluding hydrogens is 540 g/mol. The highest BCUT2D eigenvalue weighted by atomic mass is 35.5. The predicted octanol–water partition coefficient (Wildman–Crippen LogP) is 5.43. The molecule has 0 bridgehead atoms. The number of nitrogens with zero attached hydrogens (tertiary/aromatic N) is 3. The average molecular weight is 563 g/mol. The number of hydrogen-bond acceptors (Lipinski definition) is 6. The van der Waals surface area contributed by atoms with Gasteiger partial charge in [0.05, 0.1) is 29.8 Å². The molecule has 1 aliphatic heterocycles. The Labute approximate surface area is 225 Å². The highest BCUT2D eigenvalue weighted by Crippen LogP contribution is 2.43. The molecule has 0 aliphatic carbocycles. The van der Waals surface area contributed by atoms with Crippen LogP contribution in [-0.2, 0) is 11.3 Å². The van der Waals surface area contributed by atoms with Crippen molar-refractivity contribution in [3.05, 3.63) is 71.0 Å². The minimum atomic E-state index is -5.19. The number of piperazine rings is 1. The number of para-hydroxylation sites is 1. The van der Waals surface area contributed by atoms with Crippen molar-refractivity contribution >= 4 is 34.6 Å². The number of nitrogens with one attached hydrogen (secondary N) is 1. The maximum atomic E-state index is 13.8. The van der Waals surface area contributed by atoms with Gasteiger partial charge in [0.25, 0.3) is 0 Å². The van der Waals surface area contributed by atoms with E-state index in [1.165, 1.54) is 25.3 Å². The quantitative estimate of drug-likeness (QED) is 0.192. The molecule has 39 heavy (non-hydrogen) atoms. The minimum Gasteiger partial charge on any atom is -0.496 e. The van der Waals surface area contributed by atoms with E-state index in [-0.39, 0.29) is 22.9 Å². The standard InChI is InChI=1S/C27H23ClF4N4O3/c1-38-21-5-3-2-4-17(21)23-22(39-25(37)27(30,31)32)9-8-20-24(23)34-26(35-12-10-33-11-13-35)36(20)15-16-6-7-19(29)18(28)14-16/h2-9,14,33H,10-13,15H2,1H3. The van der Waals surface area contributed by atoms with E-state index in [0.717, 1.165) is 0 Å². The highest BCUT2D eigenvalue weighted by Gasteiger charge is 2.42. The Hall–Kier alpha value is -3.83. The lowest BCUT2D eigenvalue weighted by Gasteiger charge is -2.29. The molecule has 1 aromatic heterocycles. The molecule has 7 nitrogen and oxygen atoms in total. The first-order valence-corrected chi connectivity index (χ1v) is 12.4. The number of methoxy groups -OCH3 is 1. The number of hydrogen-bond donors (Lipinski definition) is 1. The van der Waals surface area contributed by atoms with Crippen molar-refractivity contribution in [1.29, 1.82) is 0 Å². The van der Waals surface area contributed by atoms with Crippen LogP contribution in [0.5, 0.6) is 11.5 Å². The van der Waals surface area contributed by atoms with Crippen molar-refractivity contribution in [2.24, 2.45) is 0 Å². The van der Waals surface area contributed by atoms with Gasteiger partial charge in [0, 0.05) is 31.7 Å². The first-order valence-electron chi connectivity index (χ1n) is 12.0. The zero-order valence-electron chi connectivity index (χ0n) is 20.7. The van der Waals surface area contributed by atoms with Crippen LogP contribution in [0.15, 0.2) is 54.6 Å². The summed E-state index contributed by atoms with van der Waals surface area (Å²) in [6, 6.07) is 14.0. The molecule has 0 unspecified atom stereocenters. The summed E-state index contributed by atoms with van der Waals surface area (Å²) in [6.45, 7) is 2.93. The smallest absolute Gasteiger partial charge is 0.491 e. The van der Waals surface area contributed by atoms with Crippen LogP contribution in [0.25, 0.3) is 22.2 Å². The number of esters is 1. The van der Waals surface area contributed by atoms with Crippen LogP contribution in [0, 0.1) is 5.82 Å². The van der Waals surface area contributed by atoms with Crippen LogP contribution in [0.2, 0.25) is 5.02 Å². The van der Waals surface area contributed by atoms with Gasteiger partial charge in [-0.1, -0.05) is 35.9 Å². The fraction of sp³-hybridized carbons (Fsp3) is 0.259. The Morgan fingerprint density at radius 1 is 1.08 bits per heavy atom. The van der Waals surface area contributed by atoms with Gasteiger partial charge >= 0.3 is 12.1 Å². The molecule has 1 saturated heterocycles. The van der Waals surface area contributed by atoms with Crippen LogP contribution in [-0.4, -0.2) is 55.0 Å². The van der Waals surface area contributed by atoms with Crippen molar-refractivity contribution in [3.63, 3.8) is 0 Å². The lowest BCUT2D eigenvalue weighted by Crippen LogP contribution is -2.44. The van der Waals surface area contributed by atoms with Gasteiger partial charge in [-0.25, -0.2) is 14.2 Å². The number of anilines is 1. The van der Waals surface area contributed by atoms with Crippen molar-refractivity contribution in [2.45, 2.75) is 12.7 Å². The summed E-state index contributed by atoms with van der Waals surface area (Å²) in [4.78, 5) is 18.8. The molecule has 204 valence electrons. The van der Waals surface area contributed by atoms with E-state index in [4.69, 9.17) is 26.1 Å². The molecule has 1 fully saturated rings.